The van der Waals surface area contributed by atoms with Gasteiger partial charge < -0.3 is 15.5 Å². The van der Waals surface area contributed by atoms with Crippen LogP contribution < -0.4 is 10.6 Å². The highest BCUT2D eigenvalue weighted by Gasteiger charge is 2.16. The minimum Gasteiger partial charge on any atom is -0.336 e. The molecule has 0 aliphatic carbocycles. The number of nitrogens with zero attached hydrogens (tertiary/aromatic N) is 2. The third-order valence-electron chi connectivity index (χ3n) is 4.21. The van der Waals surface area contributed by atoms with Crippen molar-refractivity contribution in [2.24, 2.45) is 0 Å². The molecule has 2 N–H and O–H groups in total. The van der Waals surface area contributed by atoms with E-state index in [4.69, 9.17) is 0 Å². The van der Waals surface area contributed by atoms with Crippen molar-refractivity contribution in [3.05, 3.63) is 69.3 Å². The third kappa shape index (κ3) is 5.03. The minimum absolute atomic E-state index is 0.0198. The molecule has 2 aromatic carbocycles. The first-order chi connectivity index (χ1) is 12.3. The van der Waals surface area contributed by atoms with Gasteiger partial charge in [0.05, 0.1) is 11.0 Å². The second kappa shape index (κ2) is 8.44. The van der Waals surface area contributed by atoms with Crippen molar-refractivity contribution in [1.29, 1.82) is 0 Å². The van der Waals surface area contributed by atoms with E-state index in [9.17, 15) is 14.9 Å². The summed E-state index contributed by atoms with van der Waals surface area (Å²) in [6, 6.07) is 12.4. The van der Waals surface area contributed by atoms with Gasteiger partial charge in [-0.15, -0.1) is 0 Å². The quantitative estimate of drug-likeness (QED) is 0.611. The molecule has 0 saturated heterocycles. The Kier molecular flexibility index (Phi) is 6.30. The summed E-state index contributed by atoms with van der Waals surface area (Å²) in [5.74, 6) is 0. The Labute approximate surface area is 153 Å². The number of nitro groups is 1. The molecule has 2 amide bonds. The van der Waals surface area contributed by atoms with Gasteiger partial charge in [-0.1, -0.05) is 35.9 Å². The molecule has 0 unspecified atom stereocenters. The summed E-state index contributed by atoms with van der Waals surface area (Å²) in [5, 5.41) is 16.5. The van der Waals surface area contributed by atoms with Crippen LogP contribution in [0.25, 0.3) is 0 Å². The van der Waals surface area contributed by atoms with Crippen molar-refractivity contribution in [3.8, 4) is 0 Å². The van der Waals surface area contributed by atoms with Gasteiger partial charge in [-0.05, 0) is 39.6 Å². The van der Waals surface area contributed by atoms with Gasteiger partial charge in [0.1, 0.15) is 0 Å². The number of nitrogens with one attached hydrogen (secondary N) is 2. The number of carbonyl (C=O) groups excluding carboxylic acids is 1. The monoisotopic (exact) mass is 356 g/mol. The van der Waals surface area contributed by atoms with Crippen molar-refractivity contribution in [1.82, 2.24) is 10.2 Å². The average Bonchev–Trinajstić information content (AvgIpc) is 2.58. The molecule has 7 heteroatoms. The molecule has 1 atom stereocenters. The van der Waals surface area contributed by atoms with Crippen LogP contribution in [0.15, 0.2) is 42.5 Å². The predicted octanol–water partition coefficient (Wildman–Crippen LogP) is 3.64. The van der Waals surface area contributed by atoms with Crippen LogP contribution in [0.5, 0.6) is 0 Å². The largest absolute Gasteiger partial charge is 0.336 e. The van der Waals surface area contributed by atoms with E-state index in [-0.39, 0.29) is 11.7 Å². The fourth-order valence-corrected chi connectivity index (χ4v) is 2.64. The number of benzene rings is 2. The van der Waals surface area contributed by atoms with E-state index in [1.165, 1.54) is 11.6 Å². The van der Waals surface area contributed by atoms with Crippen molar-refractivity contribution in [2.45, 2.75) is 19.9 Å². The lowest BCUT2D eigenvalue weighted by Crippen LogP contribution is -2.36. The second-order valence-corrected chi connectivity index (χ2v) is 6.48. The molecule has 0 aliphatic rings. The molecule has 138 valence electrons. The van der Waals surface area contributed by atoms with Crippen LogP contribution in [0.2, 0.25) is 0 Å². The maximum absolute atomic E-state index is 12.2. The maximum Gasteiger partial charge on any atom is 0.319 e. The van der Waals surface area contributed by atoms with Gasteiger partial charge in [0, 0.05) is 23.9 Å². The highest BCUT2D eigenvalue weighted by Crippen LogP contribution is 2.22. The standard InChI is InChI=1S/C19H24N4O3/c1-13-5-8-15(9-6-13)18(22(3)4)12-20-19(24)21-16-10-7-14(2)17(11-16)23(25)26/h5-11,18H,12H2,1-4H3,(H2,20,21,24)/t18-/m1/s1. The topological polar surface area (TPSA) is 87.5 Å². The smallest absolute Gasteiger partial charge is 0.319 e. The minimum atomic E-state index is -0.460. The van der Waals surface area contributed by atoms with Crippen LogP contribution in [0.1, 0.15) is 22.7 Å². The fourth-order valence-electron chi connectivity index (χ4n) is 2.64. The number of hydrogen-bond acceptors (Lipinski definition) is 4. The number of carbonyl (C=O) groups is 1. The number of nitro benzene ring substituents is 1. The summed E-state index contributed by atoms with van der Waals surface area (Å²) in [7, 11) is 3.90. The summed E-state index contributed by atoms with van der Waals surface area (Å²) < 4.78 is 0. The molecule has 0 saturated carbocycles. The summed E-state index contributed by atoms with van der Waals surface area (Å²) in [6.45, 7) is 4.10. The summed E-state index contributed by atoms with van der Waals surface area (Å²) in [5.41, 5.74) is 3.20. The molecular weight excluding hydrogens is 332 g/mol. The average molecular weight is 356 g/mol. The number of aryl methyl sites for hydroxylation is 2. The Hall–Kier alpha value is -2.93. The van der Waals surface area contributed by atoms with Gasteiger partial charge >= 0.3 is 6.03 Å². The van der Waals surface area contributed by atoms with E-state index < -0.39 is 11.0 Å². The molecule has 0 spiro atoms. The van der Waals surface area contributed by atoms with Crippen LogP contribution in [0.3, 0.4) is 0 Å². The van der Waals surface area contributed by atoms with Crippen molar-refractivity contribution in [2.75, 3.05) is 26.0 Å². The van der Waals surface area contributed by atoms with Crippen LogP contribution in [0.4, 0.5) is 16.2 Å². The highest BCUT2D eigenvalue weighted by molar-refractivity contribution is 5.89. The van der Waals surface area contributed by atoms with Crippen molar-refractivity contribution in [3.63, 3.8) is 0 Å². The molecule has 0 aromatic heterocycles. The van der Waals surface area contributed by atoms with E-state index >= 15 is 0 Å². The molecule has 26 heavy (non-hydrogen) atoms. The Balaban J connectivity index is 2.01. The zero-order valence-electron chi connectivity index (χ0n) is 15.4. The normalized spacial score (nSPS) is 11.9. The Morgan fingerprint density at radius 1 is 1.15 bits per heavy atom. The van der Waals surface area contributed by atoms with Crippen LogP contribution in [-0.2, 0) is 0 Å². The summed E-state index contributed by atoms with van der Waals surface area (Å²) in [4.78, 5) is 24.8. The molecular formula is C19H24N4O3. The molecule has 0 aliphatic heterocycles. The molecule has 0 fully saturated rings. The zero-order valence-corrected chi connectivity index (χ0v) is 15.4. The van der Waals surface area contributed by atoms with E-state index in [1.807, 2.05) is 50.2 Å². The van der Waals surface area contributed by atoms with Gasteiger partial charge in [0.15, 0.2) is 0 Å². The number of likely N-dealkylation sites (N-methyl/N-ethyl adjacent to an activating group) is 1. The maximum atomic E-state index is 12.2. The lowest BCUT2D eigenvalue weighted by atomic mass is 10.0. The lowest BCUT2D eigenvalue weighted by Gasteiger charge is -2.25. The molecule has 0 radical (unpaired) electrons. The number of urea groups is 1. The SMILES string of the molecule is Cc1ccc([C@@H](CNC(=O)Nc2ccc(C)c([N+](=O)[O-])c2)N(C)C)cc1. The first kappa shape index (κ1) is 19.4. The number of amides is 2. The highest BCUT2D eigenvalue weighted by atomic mass is 16.6. The van der Waals surface area contributed by atoms with Crippen molar-refractivity contribution < 1.29 is 9.72 Å². The zero-order chi connectivity index (χ0) is 19.3. The van der Waals surface area contributed by atoms with E-state index in [2.05, 4.69) is 10.6 Å². The van der Waals surface area contributed by atoms with E-state index in [0.717, 1.165) is 5.56 Å². The van der Waals surface area contributed by atoms with E-state index in [1.54, 1.807) is 19.1 Å². The van der Waals surface area contributed by atoms with Gasteiger partial charge in [-0.3, -0.25) is 10.1 Å². The van der Waals surface area contributed by atoms with Gasteiger partial charge in [0.25, 0.3) is 5.69 Å². The fraction of sp³-hybridized carbons (Fsp3) is 0.316. The third-order valence-corrected chi connectivity index (χ3v) is 4.21. The van der Waals surface area contributed by atoms with Gasteiger partial charge in [-0.2, -0.15) is 0 Å². The van der Waals surface area contributed by atoms with E-state index in [0.29, 0.717) is 17.8 Å². The predicted molar refractivity (Wildman–Crippen MR) is 102 cm³/mol. The van der Waals surface area contributed by atoms with Crippen LogP contribution >= 0.6 is 0 Å². The molecule has 2 aromatic rings. The molecule has 7 nitrogen and oxygen atoms in total. The van der Waals surface area contributed by atoms with Crippen LogP contribution in [0, 0.1) is 24.0 Å². The number of rotatable bonds is 6. The molecule has 0 heterocycles. The van der Waals surface area contributed by atoms with Crippen LogP contribution in [-0.4, -0.2) is 36.5 Å². The number of anilines is 1. The lowest BCUT2D eigenvalue weighted by molar-refractivity contribution is -0.385. The Morgan fingerprint density at radius 2 is 1.81 bits per heavy atom. The molecule has 2 rings (SSSR count). The van der Waals surface area contributed by atoms with Gasteiger partial charge in [-0.25, -0.2) is 4.79 Å². The Bertz CT molecular complexity index is 788. The Morgan fingerprint density at radius 3 is 2.38 bits per heavy atom. The first-order valence-corrected chi connectivity index (χ1v) is 8.31. The summed E-state index contributed by atoms with van der Waals surface area (Å²) in [6.07, 6.45) is 0. The molecule has 0 bridgehead atoms. The summed E-state index contributed by atoms with van der Waals surface area (Å²) >= 11 is 0. The van der Waals surface area contributed by atoms with Gasteiger partial charge in [0.2, 0.25) is 0 Å². The second-order valence-electron chi connectivity index (χ2n) is 6.48. The van der Waals surface area contributed by atoms with Crippen molar-refractivity contribution >= 4 is 17.4 Å². The number of hydrogen-bond donors (Lipinski definition) is 2. The first-order valence-electron chi connectivity index (χ1n) is 8.31.